The molecule has 140 valence electrons. The summed E-state index contributed by atoms with van der Waals surface area (Å²) in [6.07, 6.45) is 1.61. The van der Waals surface area contributed by atoms with Crippen molar-refractivity contribution in [2.24, 2.45) is 0 Å². The molecule has 4 heteroatoms. The molecule has 5 aromatic rings. The maximum Gasteiger partial charge on any atom is 0.156 e. The molecular formula is C25H20N4. The van der Waals surface area contributed by atoms with E-state index in [1.165, 1.54) is 11.1 Å². The molecule has 5 rings (SSSR count). The van der Waals surface area contributed by atoms with Crippen molar-refractivity contribution in [3.05, 3.63) is 96.3 Å². The lowest BCUT2D eigenvalue weighted by molar-refractivity contribution is 1.10. The number of nitrogens with one attached hydrogen (secondary N) is 1. The topological polar surface area (TPSA) is 50.7 Å². The lowest BCUT2D eigenvalue weighted by Crippen LogP contribution is -2.04. The van der Waals surface area contributed by atoms with Gasteiger partial charge in [-0.1, -0.05) is 78.4 Å². The average molecular weight is 376 g/mol. The first kappa shape index (κ1) is 17.3. The van der Waals surface area contributed by atoms with Gasteiger partial charge in [0.25, 0.3) is 0 Å². The van der Waals surface area contributed by atoms with Crippen molar-refractivity contribution in [1.82, 2.24) is 15.0 Å². The monoisotopic (exact) mass is 376 g/mol. The number of pyridine rings is 1. The van der Waals surface area contributed by atoms with Crippen LogP contribution in [0.25, 0.3) is 33.1 Å². The van der Waals surface area contributed by atoms with Crippen LogP contribution in [0.2, 0.25) is 0 Å². The van der Waals surface area contributed by atoms with E-state index in [4.69, 9.17) is 4.98 Å². The number of fused-ring (bicyclic) bond motifs is 3. The van der Waals surface area contributed by atoms with Crippen molar-refractivity contribution < 1.29 is 0 Å². The first-order valence-electron chi connectivity index (χ1n) is 9.68. The SMILES string of the molecule is Cc1ccc2c(c1)c(-c1ccccc1)nc1c(NCc3ccccc3)ncnc12. The Morgan fingerprint density at radius 1 is 0.759 bits per heavy atom. The highest BCUT2D eigenvalue weighted by molar-refractivity contribution is 6.11. The quantitative estimate of drug-likeness (QED) is 0.405. The van der Waals surface area contributed by atoms with Gasteiger partial charge in [-0.15, -0.1) is 0 Å². The van der Waals surface area contributed by atoms with Crippen LogP contribution in [0.3, 0.4) is 0 Å². The summed E-state index contributed by atoms with van der Waals surface area (Å²) in [6.45, 7) is 2.78. The minimum Gasteiger partial charge on any atom is -0.364 e. The molecule has 0 aliphatic heterocycles. The van der Waals surface area contributed by atoms with Gasteiger partial charge in [0.15, 0.2) is 5.82 Å². The van der Waals surface area contributed by atoms with Gasteiger partial charge >= 0.3 is 0 Å². The van der Waals surface area contributed by atoms with Crippen LogP contribution in [0.15, 0.2) is 85.2 Å². The van der Waals surface area contributed by atoms with Crippen LogP contribution >= 0.6 is 0 Å². The van der Waals surface area contributed by atoms with Crippen molar-refractivity contribution in [1.29, 1.82) is 0 Å². The lowest BCUT2D eigenvalue weighted by atomic mass is 10.0. The molecule has 0 fully saturated rings. The molecule has 1 N–H and O–H groups in total. The van der Waals surface area contributed by atoms with Crippen LogP contribution < -0.4 is 5.32 Å². The van der Waals surface area contributed by atoms with Crippen molar-refractivity contribution in [2.45, 2.75) is 13.5 Å². The molecule has 3 aromatic carbocycles. The number of anilines is 1. The Bertz CT molecular complexity index is 1300. The van der Waals surface area contributed by atoms with E-state index in [1.54, 1.807) is 6.33 Å². The van der Waals surface area contributed by atoms with E-state index in [-0.39, 0.29) is 0 Å². The third-order valence-corrected chi connectivity index (χ3v) is 5.08. The molecule has 2 heterocycles. The molecule has 29 heavy (non-hydrogen) atoms. The summed E-state index contributed by atoms with van der Waals surface area (Å²) in [7, 11) is 0. The molecule has 0 radical (unpaired) electrons. The standard InChI is InChI=1S/C25H20N4/c1-17-12-13-20-21(14-17)22(19-10-6-3-7-11-19)29-24-23(20)27-16-28-25(24)26-15-18-8-4-2-5-9-18/h2-14,16H,15H2,1H3,(H,26,27,28). The first-order valence-corrected chi connectivity index (χ1v) is 9.68. The number of benzene rings is 3. The summed E-state index contributed by atoms with van der Waals surface area (Å²) in [5.74, 6) is 0.749. The fraction of sp³-hybridized carbons (Fsp3) is 0.0800. The summed E-state index contributed by atoms with van der Waals surface area (Å²) in [5.41, 5.74) is 6.09. The van der Waals surface area contributed by atoms with Crippen LogP contribution in [0.1, 0.15) is 11.1 Å². The van der Waals surface area contributed by atoms with Gasteiger partial charge in [-0.2, -0.15) is 0 Å². The second kappa shape index (κ2) is 7.32. The van der Waals surface area contributed by atoms with Crippen molar-refractivity contribution in [3.8, 4) is 11.3 Å². The zero-order chi connectivity index (χ0) is 19.6. The molecule has 0 aliphatic carbocycles. The van der Waals surface area contributed by atoms with Gasteiger partial charge in [-0.25, -0.2) is 15.0 Å². The van der Waals surface area contributed by atoms with Crippen LogP contribution in [0.4, 0.5) is 5.82 Å². The number of hydrogen-bond donors (Lipinski definition) is 1. The molecule has 0 aliphatic rings. The Hall–Kier alpha value is -3.79. The Morgan fingerprint density at radius 2 is 1.52 bits per heavy atom. The summed E-state index contributed by atoms with van der Waals surface area (Å²) in [6, 6.07) is 27.0. The van der Waals surface area contributed by atoms with E-state index in [1.807, 2.05) is 36.4 Å². The first-order chi connectivity index (χ1) is 14.3. The summed E-state index contributed by atoms with van der Waals surface area (Å²) < 4.78 is 0. The number of rotatable bonds is 4. The van der Waals surface area contributed by atoms with Gasteiger partial charge < -0.3 is 5.32 Å². The van der Waals surface area contributed by atoms with Gasteiger partial charge in [0.05, 0.1) is 5.69 Å². The van der Waals surface area contributed by atoms with Gasteiger partial charge in [0.2, 0.25) is 0 Å². The highest BCUT2D eigenvalue weighted by Gasteiger charge is 2.14. The molecule has 0 saturated carbocycles. The number of nitrogens with zero attached hydrogens (tertiary/aromatic N) is 3. The zero-order valence-corrected chi connectivity index (χ0v) is 16.1. The third kappa shape index (κ3) is 3.29. The molecule has 2 aromatic heterocycles. The highest BCUT2D eigenvalue weighted by Crippen LogP contribution is 2.33. The molecule has 0 atom stereocenters. The fourth-order valence-corrected chi connectivity index (χ4v) is 3.64. The minimum atomic E-state index is 0.682. The average Bonchev–Trinajstić information content (AvgIpc) is 2.78. The summed E-state index contributed by atoms with van der Waals surface area (Å²) in [4.78, 5) is 14.1. The van der Waals surface area contributed by atoms with Crippen LogP contribution in [0.5, 0.6) is 0 Å². The van der Waals surface area contributed by atoms with E-state index in [0.717, 1.165) is 38.9 Å². The van der Waals surface area contributed by atoms with Crippen molar-refractivity contribution in [3.63, 3.8) is 0 Å². The van der Waals surface area contributed by atoms with Crippen molar-refractivity contribution in [2.75, 3.05) is 5.32 Å². The Balaban J connectivity index is 1.71. The molecule has 0 bridgehead atoms. The minimum absolute atomic E-state index is 0.682. The molecule has 4 nitrogen and oxygen atoms in total. The molecule has 0 saturated heterocycles. The molecule has 0 unspecified atom stereocenters. The van der Waals surface area contributed by atoms with E-state index in [0.29, 0.717) is 6.54 Å². The van der Waals surface area contributed by atoms with Crippen LogP contribution in [-0.2, 0) is 6.54 Å². The second-order valence-electron chi connectivity index (χ2n) is 7.13. The Labute approximate surface area is 169 Å². The Kier molecular flexibility index (Phi) is 4.37. The van der Waals surface area contributed by atoms with Gasteiger partial charge in [-0.3, -0.25) is 0 Å². The van der Waals surface area contributed by atoms with Gasteiger partial charge in [0, 0.05) is 22.9 Å². The Morgan fingerprint density at radius 3 is 2.31 bits per heavy atom. The van der Waals surface area contributed by atoms with Crippen LogP contribution in [0, 0.1) is 6.92 Å². The maximum absolute atomic E-state index is 5.04. The smallest absolute Gasteiger partial charge is 0.156 e. The predicted molar refractivity (Wildman–Crippen MR) is 119 cm³/mol. The molecule has 0 spiro atoms. The van der Waals surface area contributed by atoms with E-state index in [9.17, 15) is 0 Å². The predicted octanol–water partition coefficient (Wildman–Crippen LogP) is 5.77. The summed E-state index contributed by atoms with van der Waals surface area (Å²) in [5, 5.41) is 5.64. The third-order valence-electron chi connectivity index (χ3n) is 5.08. The van der Waals surface area contributed by atoms with E-state index >= 15 is 0 Å². The normalized spacial score (nSPS) is 11.1. The van der Waals surface area contributed by atoms with Gasteiger partial charge in [-0.05, 0) is 18.6 Å². The number of hydrogen-bond acceptors (Lipinski definition) is 4. The van der Waals surface area contributed by atoms with Gasteiger partial charge in [0.1, 0.15) is 17.4 Å². The number of aromatic nitrogens is 3. The highest BCUT2D eigenvalue weighted by atomic mass is 15.0. The van der Waals surface area contributed by atoms with E-state index in [2.05, 4.69) is 64.7 Å². The molecule has 0 amide bonds. The second-order valence-corrected chi connectivity index (χ2v) is 7.13. The van der Waals surface area contributed by atoms with E-state index < -0.39 is 0 Å². The fourth-order valence-electron chi connectivity index (χ4n) is 3.64. The lowest BCUT2D eigenvalue weighted by Gasteiger charge is -2.13. The number of aryl methyl sites for hydroxylation is 1. The molecular weight excluding hydrogens is 356 g/mol. The van der Waals surface area contributed by atoms with Crippen LogP contribution in [-0.4, -0.2) is 15.0 Å². The van der Waals surface area contributed by atoms with Crippen molar-refractivity contribution >= 4 is 27.6 Å². The zero-order valence-electron chi connectivity index (χ0n) is 16.1. The largest absolute Gasteiger partial charge is 0.364 e. The summed E-state index contributed by atoms with van der Waals surface area (Å²) >= 11 is 0. The maximum atomic E-state index is 5.04.